The van der Waals surface area contributed by atoms with E-state index in [9.17, 15) is 43.2 Å². The molecule has 0 spiro atoms. The summed E-state index contributed by atoms with van der Waals surface area (Å²) < 4.78 is 68.6. The maximum Gasteiger partial charge on any atom is 0.472 e. The van der Waals surface area contributed by atoms with Crippen molar-refractivity contribution in [3.8, 4) is 0 Å². The number of rotatable bonds is 78. The van der Waals surface area contributed by atoms with E-state index < -0.39 is 97.5 Å². The lowest BCUT2D eigenvalue weighted by Crippen LogP contribution is -2.30. The molecule has 0 aliphatic carbocycles. The molecule has 0 saturated carbocycles. The Morgan fingerprint density at radius 1 is 0.250 bits per heavy atom. The zero-order valence-electron chi connectivity index (χ0n) is 62.4. The molecule has 96 heavy (non-hydrogen) atoms. The van der Waals surface area contributed by atoms with Crippen LogP contribution in [-0.2, 0) is 65.4 Å². The topological polar surface area (TPSA) is 237 Å². The summed E-state index contributed by atoms with van der Waals surface area (Å²) >= 11 is 0. The van der Waals surface area contributed by atoms with Gasteiger partial charge in [0.2, 0.25) is 0 Å². The fourth-order valence-electron chi connectivity index (χ4n) is 11.9. The summed E-state index contributed by atoms with van der Waals surface area (Å²) in [4.78, 5) is 72.9. The molecule has 5 atom stereocenters. The summed E-state index contributed by atoms with van der Waals surface area (Å²) in [7, 11) is -9.91. The van der Waals surface area contributed by atoms with Crippen LogP contribution < -0.4 is 0 Å². The molecule has 0 heterocycles. The second-order valence-corrected chi connectivity index (χ2v) is 30.7. The smallest absolute Gasteiger partial charge is 0.462 e. The van der Waals surface area contributed by atoms with Crippen molar-refractivity contribution < 1.29 is 80.2 Å². The summed E-state index contributed by atoms with van der Waals surface area (Å²) in [6.45, 7) is 5.01. The third-order valence-corrected chi connectivity index (χ3v) is 20.0. The van der Waals surface area contributed by atoms with Crippen LogP contribution in [-0.4, -0.2) is 96.7 Å². The second kappa shape index (κ2) is 71.5. The van der Waals surface area contributed by atoms with Crippen LogP contribution in [0.25, 0.3) is 0 Å². The summed E-state index contributed by atoms with van der Waals surface area (Å²) in [5, 5.41) is 10.6. The number of hydrogen-bond donors (Lipinski definition) is 3. The van der Waals surface area contributed by atoms with Gasteiger partial charge in [0, 0.05) is 25.7 Å². The van der Waals surface area contributed by atoms with Crippen LogP contribution in [0.5, 0.6) is 0 Å². The zero-order valence-corrected chi connectivity index (χ0v) is 64.1. The highest BCUT2D eigenvalue weighted by atomic mass is 31.2. The molecule has 0 rings (SSSR count). The number of aliphatic hydroxyl groups is 1. The Hall–Kier alpha value is -1.94. The molecule has 570 valence electrons. The average Bonchev–Trinajstić information content (AvgIpc) is 1.26. The van der Waals surface area contributed by atoms with Crippen LogP contribution in [0, 0.1) is 0 Å². The van der Waals surface area contributed by atoms with E-state index in [1.807, 2.05) is 0 Å². The highest BCUT2D eigenvalue weighted by Crippen LogP contribution is 2.45. The first-order valence-corrected chi connectivity index (χ1v) is 43.3. The number of aliphatic hydroxyl groups excluding tert-OH is 1. The molecule has 0 aromatic carbocycles. The van der Waals surface area contributed by atoms with Crippen molar-refractivity contribution in [3.63, 3.8) is 0 Å². The number of phosphoric ester groups is 2. The van der Waals surface area contributed by atoms with Gasteiger partial charge in [-0.1, -0.05) is 362 Å². The molecule has 19 heteroatoms. The Kier molecular flexibility index (Phi) is 70.0. The Morgan fingerprint density at radius 2 is 0.417 bits per heavy atom. The van der Waals surface area contributed by atoms with E-state index in [0.717, 1.165) is 89.9 Å². The molecular formula is C77H150O17P2. The molecule has 0 aromatic rings. The van der Waals surface area contributed by atoms with Crippen LogP contribution in [0.15, 0.2) is 0 Å². The predicted molar refractivity (Wildman–Crippen MR) is 391 cm³/mol. The molecule has 0 bridgehead atoms. The molecular weight excluding hydrogens is 1260 g/mol. The lowest BCUT2D eigenvalue weighted by atomic mass is 10.0. The fourth-order valence-corrected chi connectivity index (χ4v) is 13.5. The monoisotopic (exact) mass is 1410 g/mol. The van der Waals surface area contributed by atoms with Crippen molar-refractivity contribution in [2.24, 2.45) is 0 Å². The standard InChI is InChI=1S/C77H150O17P2/c1-5-9-13-17-21-25-29-33-34-35-36-40-44-48-52-56-60-64-77(82)94-73(68-88-75(80)62-58-54-50-46-42-38-31-27-23-19-15-11-7-3)70-92-96(85,86)90-66-71(78)65-89-95(83,84)91-69-72(93-76(81)63-59-55-51-47-43-39-32-28-24-20-16-12-8-4)67-87-74(79)61-57-53-49-45-41-37-30-26-22-18-14-10-6-2/h71-73,78H,5-70H2,1-4H3,(H,83,84)(H,85,86)/t71-,72-,73-/m1/s1. The van der Waals surface area contributed by atoms with Crippen molar-refractivity contribution in [3.05, 3.63) is 0 Å². The lowest BCUT2D eigenvalue weighted by Gasteiger charge is -2.21. The first-order valence-electron chi connectivity index (χ1n) is 40.3. The van der Waals surface area contributed by atoms with E-state index >= 15 is 0 Å². The van der Waals surface area contributed by atoms with E-state index in [-0.39, 0.29) is 25.7 Å². The third kappa shape index (κ3) is 70.5. The predicted octanol–water partition coefficient (Wildman–Crippen LogP) is 23.0. The Balaban J connectivity index is 5.25. The van der Waals surface area contributed by atoms with E-state index in [0.29, 0.717) is 25.7 Å². The number of esters is 4. The molecule has 0 amide bonds. The van der Waals surface area contributed by atoms with E-state index in [2.05, 4.69) is 27.7 Å². The number of ether oxygens (including phenoxy) is 4. The molecule has 0 radical (unpaired) electrons. The molecule has 2 unspecified atom stereocenters. The van der Waals surface area contributed by atoms with Gasteiger partial charge in [-0.3, -0.25) is 37.3 Å². The zero-order chi connectivity index (χ0) is 70.4. The van der Waals surface area contributed by atoms with Crippen LogP contribution in [0.3, 0.4) is 0 Å². The SMILES string of the molecule is CCCCCCCCCCCCCCCCCCCC(=O)O[C@H](COC(=O)CCCCCCCCCCCCCCC)COP(=O)(O)OC[C@H](O)COP(=O)(O)OC[C@@H](COC(=O)CCCCCCCCCCCCCCC)OC(=O)CCCCCCCCCCCCCCC. The van der Waals surface area contributed by atoms with Crippen molar-refractivity contribution in [2.45, 2.75) is 431 Å². The summed E-state index contributed by atoms with van der Waals surface area (Å²) in [5.74, 6) is -2.11. The van der Waals surface area contributed by atoms with Crippen molar-refractivity contribution in [2.75, 3.05) is 39.6 Å². The van der Waals surface area contributed by atoms with Gasteiger partial charge in [0.15, 0.2) is 12.2 Å². The lowest BCUT2D eigenvalue weighted by molar-refractivity contribution is -0.161. The number of unbranched alkanes of at least 4 members (excludes halogenated alkanes) is 52. The minimum absolute atomic E-state index is 0.109. The summed E-state index contributed by atoms with van der Waals surface area (Å²) in [5.41, 5.74) is 0. The van der Waals surface area contributed by atoms with Crippen LogP contribution in [0.4, 0.5) is 0 Å². The maximum atomic E-state index is 13.1. The van der Waals surface area contributed by atoms with Gasteiger partial charge in [0.05, 0.1) is 26.4 Å². The highest BCUT2D eigenvalue weighted by molar-refractivity contribution is 7.47. The molecule has 3 N–H and O–H groups in total. The van der Waals surface area contributed by atoms with Gasteiger partial charge in [0.25, 0.3) is 0 Å². The minimum atomic E-state index is -4.96. The van der Waals surface area contributed by atoms with Gasteiger partial charge in [-0.05, 0) is 25.7 Å². The number of phosphoric acid groups is 2. The van der Waals surface area contributed by atoms with Gasteiger partial charge < -0.3 is 33.8 Å². The Bertz CT molecular complexity index is 1830. The molecule has 0 fully saturated rings. The molecule has 0 aliphatic heterocycles. The average molecular weight is 1410 g/mol. The van der Waals surface area contributed by atoms with Gasteiger partial charge in [-0.2, -0.15) is 0 Å². The Labute approximate surface area is 588 Å². The fraction of sp³-hybridized carbons (Fsp3) is 0.948. The minimum Gasteiger partial charge on any atom is -0.462 e. The summed E-state index contributed by atoms with van der Waals surface area (Å²) in [6, 6.07) is 0. The molecule has 0 saturated heterocycles. The van der Waals surface area contributed by atoms with Crippen LogP contribution in [0.2, 0.25) is 0 Å². The van der Waals surface area contributed by atoms with Gasteiger partial charge in [-0.25, -0.2) is 9.13 Å². The van der Waals surface area contributed by atoms with E-state index in [1.54, 1.807) is 0 Å². The third-order valence-electron chi connectivity index (χ3n) is 18.1. The van der Waals surface area contributed by atoms with Crippen molar-refractivity contribution >= 4 is 39.5 Å². The number of hydrogen-bond acceptors (Lipinski definition) is 15. The van der Waals surface area contributed by atoms with Gasteiger partial charge in [0.1, 0.15) is 19.3 Å². The van der Waals surface area contributed by atoms with E-state index in [1.165, 1.54) is 244 Å². The second-order valence-electron chi connectivity index (χ2n) is 27.7. The first kappa shape index (κ1) is 94.1. The van der Waals surface area contributed by atoms with Crippen molar-refractivity contribution in [1.82, 2.24) is 0 Å². The normalized spacial score (nSPS) is 13.9. The Morgan fingerprint density at radius 3 is 0.615 bits per heavy atom. The number of carbonyl (C=O) groups excluding carboxylic acids is 4. The van der Waals surface area contributed by atoms with Crippen LogP contribution >= 0.6 is 15.6 Å². The molecule has 17 nitrogen and oxygen atoms in total. The maximum absolute atomic E-state index is 13.1. The quantitative estimate of drug-likeness (QED) is 0.0222. The van der Waals surface area contributed by atoms with E-state index in [4.69, 9.17) is 37.0 Å². The van der Waals surface area contributed by atoms with Crippen molar-refractivity contribution in [1.29, 1.82) is 0 Å². The summed E-state index contributed by atoms with van der Waals surface area (Å²) in [6.07, 6.45) is 62.2. The van der Waals surface area contributed by atoms with Crippen LogP contribution in [0.1, 0.15) is 413 Å². The first-order chi connectivity index (χ1) is 46.7. The largest absolute Gasteiger partial charge is 0.472 e. The number of carbonyl (C=O) groups is 4. The van der Waals surface area contributed by atoms with Gasteiger partial charge in [-0.15, -0.1) is 0 Å². The molecule has 0 aromatic heterocycles. The van der Waals surface area contributed by atoms with Gasteiger partial charge >= 0.3 is 39.5 Å². The highest BCUT2D eigenvalue weighted by Gasteiger charge is 2.30. The molecule has 0 aliphatic rings.